The molecule has 0 saturated heterocycles. The van der Waals surface area contributed by atoms with Gasteiger partial charge in [-0.1, -0.05) is 23.2 Å². The molecular formula is C8H11Cl2NO. The van der Waals surface area contributed by atoms with Crippen LogP contribution in [0.25, 0.3) is 0 Å². The average Bonchev–Trinajstić information content (AvgIpc) is 1.96. The lowest BCUT2D eigenvalue weighted by Gasteiger charge is -2.05. The molecule has 1 aromatic carbocycles. The van der Waals surface area contributed by atoms with Gasteiger partial charge in [-0.25, -0.2) is 0 Å². The van der Waals surface area contributed by atoms with Crippen LogP contribution in [0.15, 0.2) is 12.1 Å². The number of ether oxygens (including phenoxy) is 1. The summed E-state index contributed by atoms with van der Waals surface area (Å²) in [6, 6.07) is 3.43. The van der Waals surface area contributed by atoms with E-state index in [9.17, 15) is 0 Å². The molecule has 12 heavy (non-hydrogen) atoms. The molecule has 0 fully saturated rings. The van der Waals surface area contributed by atoms with E-state index in [0.717, 1.165) is 11.3 Å². The highest BCUT2D eigenvalue weighted by Crippen LogP contribution is 2.29. The standard InChI is InChI=1S/C8H8Cl2O.H3N/c1-5-7(10)3-6(9)4-8(5)11-2;/h3-4H,1-2H3;1H3. The van der Waals surface area contributed by atoms with E-state index in [4.69, 9.17) is 27.9 Å². The van der Waals surface area contributed by atoms with Crippen LogP contribution in [-0.4, -0.2) is 7.11 Å². The van der Waals surface area contributed by atoms with Crippen LogP contribution in [0.4, 0.5) is 0 Å². The summed E-state index contributed by atoms with van der Waals surface area (Å²) in [5.41, 5.74) is 0.915. The fourth-order valence-electron chi connectivity index (χ4n) is 0.834. The van der Waals surface area contributed by atoms with E-state index in [1.165, 1.54) is 0 Å². The van der Waals surface area contributed by atoms with Gasteiger partial charge in [0.05, 0.1) is 7.11 Å². The van der Waals surface area contributed by atoms with Crippen LogP contribution in [0.3, 0.4) is 0 Å². The first kappa shape index (κ1) is 11.6. The summed E-state index contributed by atoms with van der Waals surface area (Å²) >= 11 is 11.6. The van der Waals surface area contributed by atoms with Crippen molar-refractivity contribution < 1.29 is 4.74 Å². The van der Waals surface area contributed by atoms with Gasteiger partial charge in [0.2, 0.25) is 0 Å². The lowest BCUT2D eigenvalue weighted by atomic mass is 10.2. The van der Waals surface area contributed by atoms with Crippen LogP contribution in [0.2, 0.25) is 10.0 Å². The Kier molecular flexibility index (Phi) is 4.39. The summed E-state index contributed by atoms with van der Waals surface area (Å²) in [7, 11) is 1.59. The average molecular weight is 208 g/mol. The Morgan fingerprint density at radius 2 is 1.83 bits per heavy atom. The normalized spacial score (nSPS) is 9.00. The largest absolute Gasteiger partial charge is 0.496 e. The van der Waals surface area contributed by atoms with Crippen molar-refractivity contribution >= 4 is 23.2 Å². The number of hydrogen-bond acceptors (Lipinski definition) is 2. The Morgan fingerprint density at radius 3 is 2.33 bits per heavy atom. The summed E-state index contributed by atoms with van der Waals surface area (Å²) in [6.07, 6.45) is 0. The smallest absolute Gasteiger partial charge is 0.124 e. The van der Waals surface area contributed by atoms with Gasteiger partial charge in [0.15, 0.2) is 0 Å². The first-order chi connectivity index (χ1) is 5.15. The van der Waals surface area contributed by atoms with Gasteiger partial charge in [-0.05, 0) is 19.1 Å². The summed E-state index contributed by atoms with van der Waals surface area (Å²) in [5, 5.41) is 1.23. The van der Waals surface area contributed by atoms with Crippen LogP contribution >= 0.6 is 23.2 Å². The van der Waals surface area contributed by atoms with Crippen molar-refractivity contribution in [2.75, 3.05) is 7.11 Å². The van der Waals surface area contributed by atoms with Gasteiger partial charge in [-0.3, -0.25) is 0 Å². The SMILES string of the molecule is COc1cc(Cl)cc(Cl)c1C.N. The number of hydrogen-bond donors (Lipinski definition) is 1. The molecule has 0 aliphatic heterocycles. The predicted octanol–water partition coefficient (Wildman–Crippen LogP) is 3.47. The molecule has 0 aliphatic rings. The maximum atomic E-state index is 5.83. The highest BCUT2D eigenvalue weighted by molar-refractivity contribution is 6.35. The van der Waals surface area contributed by atoms with Crippen molar-refractivity contribution in [3.8, 4) is 5.75 Å². The molecule has 1 aromatic rings. The van der Waals surface area contributed by atoms with Crippen molar-refractivity contribution in [2.45, 2.75) is 6.92 Å². The minimum atomic E-state index is 0. The molecule has 0 saturated carbocycles. The number of methoxy groups -OCH3 is 1. The van der Waals surface area contributed by atoms with Crippen molar-refractivity contribution in [3.05, 3.63) is 27.7 Å². The lowest BCUT2D eigenvalue weighted by molar-refractivity contribution is 0.412. The zero-order valence-corrected chi connectivity index (χ0v) is 8.54. The highest BCUT2D eigenvalue weighted by Gasteiger charge is 2.03. The van der Waals surface area contributed by atoms with Gasteiger partial charge in [-0.15, -0.1) is 0 Å². The molecule has 0 bridgehead atoms. The van der Waals surface area contributed by atoms with E-state index in [1.807, 2.05) is 6.92 Å². The van der Waals surface area contributed by atoms with Crippen LogP contribution in [-0.2, 0) is 0 Å². The zero-order chi connectivity index (χ0) is 8.43. The first-order valence-electron chi connectivity index (χ1n) is 3.15. The van der Waals surface area contributed by atoms with Gasteiger partial charge in [0, 0.05) is 15.6 Å². The Labute approximate surface area is 82.0 Å². The maximum absolute atomic E-state index is 5.83. The molecule has 4 heteroatoms. The van der Waals surface area contributed by atoms with E-state index >= 15 is 0 Å². The van der Waals surface area contributed by atoms with Crippen LogP contribution < -0.4 is 10.9 Å². The second-order valence-electron chi connectivity index (χ2n) is 2.21. The van der Waals surface area contributed by atoms with Crippen molar-refractivity contribution in [3.63, 3.8) is 0 Å². The fraction of sp³-hybridized carbons (Fsp3) is 0.250. The Balaban J connectivity index is 0.00000121. The van der Waals surface area contributed by atoms with E-state index in [-0.39, 0.29) is 6.15 Å². The topological polar surface area (TPSA) is 44.2 Å². The van der Waals surface area contributed by atoms with Gasteiger partial charge in [-0.2, -0.15) is 0 Å². The molecule has 0 heterocycles. The molecule has 2 nitrogen and oxygen atoms in total. The van der Waals surface area contributed by atoms with Crippen LogP contribution in [0.1, 0.15) is 5.56 Å². The Morgan fingerprint density at radius 1 is 1.25 bits per heavy atom. The third-order valence-corrected chi connectivity index (χ3v) is 2.09. The predicted molar refractivity (Wildman–Crippen MR) is 52.8 cm³/mol. The molecule has 0 unspecified atom stereocenters. The lowest BCUT2D eigenvalue weighted by Crippen LogP contribution is -1.87. The van der Waals surface area contributed by atoms with E-state index < -0.39 is 0 Å². The van der Waals surface area contributed by atoms with Gasteiger partial charge < -0.3 is 10.9 Å². The van der Waals surface area contributed by atoms with Crippen molar-refractivity contribution in [2.24, 2.45) is 0 Å². The quantitative estimate of drug-likeness (QED) is 0.767. The highest BCUT2D eigenvalue weighted by atomic mass is 35.5. The molecule has 0 radical (unpaired) electrons. The molecule has 68 valence electrons. The maximum Gasteiger partial charge on any atom is 0.124 e. The number of halogens is 2. The van der Waals surface area contributed by atoms with E-state index in [0.29, 0.717) is 10.0 Å². The third-order valence-electron chi connectivity index (χ3n) is 1.48. The molecule has 0 atom stereocenters. The minimum absolute atomic E-state index is 0. The van der Waals surface area contributed by atoms with E-state index in [1.54, 1.807) is 19.2 Å². The van der Waals surface area contributed by atoms with Crippen molar-refractivity contribution in [1.29, 1.82) is 0 Å². The number of rotatable bonds is 1. The molecule has 0 aliphatic carbocycles. The molecule has 3 N–H and O–H groups in total. The zero-order valence-electron chi connectivity index (χ0n) is 7.03. The monoisotopic (exact) mass is 207 g/mol. The fourth-order valence-corrected chi connectivity index (χ4v) is 1.31. The number of benzene rings is 1. The minimum Gasteiger partial charge on any atom is -0.496 e. The molecule has 0 spiro atoms. The Bertz CT molecular complexity index is 276. The molecular weight excluding hydrogens is 197 g/mol. The second-order valence-corrected chi connectivity index (χ2v) is 3.06. The Hall–Kier alpha value is -0.440. The summed E-state index contributed by atoms with van der Waals surface area (Å²) < 4.78 is 5.04. The van der Waals surface area contributed by atoms with Gasteiger partial charge in [0.1, 0.15) is 5.75 Å². The molecule has 0 amide bonds. The van der Waals surface area contributed by atoms with Crippen molar-refractivity contribution in [1.82, 2.24) is 6.15 Å². The van der Waals surface area contributed by atoms with Gasteiger partial charge in [0.25, 0.3) is 0 Å². The molecule has 1 rings (SSSR count). The summed E-state index contributed by atoms with van der Waals surface area (Å²) in [5.74, 6) is 0.725. The molecule has 0 aromatic heterocycles. The van der Waals surface area contributed by atoms with Gasteiger partial charge >= 0.3 is 0 Å². The summed E-state index contributed by atoms with van der Waals surface area (Å²) in [4.78, 5) is 0. The first-order valence-corrected chi connectivity index (χ1v) is 3.90. The second kappa shape index (κ2) is 4.55. The third kappa shape index (κ3) is 2.27. The van der Waals surface area contributed by atoms with E-state index in [2.05, 4.69) is 0 Å². The van der Waals surface area contributed by atoms with Crippen LogP contribution in [0.5, 0.6) is 5.75 Å². The summed E-state index contributed by atoms with van der Waals surface area (Å²) in [6.45, 7) is 1.89. The van der Waals surface area contributed by atoms with Crippen LogP contribution in [0, 0.1) is 6.92 Å².